The van der Waals surface area contributed by atoms with Crippen molar-refractivity contribution in [3.63, 3.8) is 0 Å². The fourth-order valence-electron chi connectivity index (χ4n) is 2.38. The van der Waals surface area contributed by atoms with E-state index in [1.54, 1.807) is 0 Å². The molecule has 0 radical (unpaired) electrons. The van der Waals surface area contributed by atoms with E-state index in [0.29, 0.717) is 19.8 Å². The Morgan fingerprint density at radius 3 is 2.76 bits per heavy atom. The van der Waals surface area contributed by atoms with Crippen LogP contribution < -0.4 is 4.74 Å². The van der Waals surface area contributed by atoms with Crippen LogP contribution in [0.1, 0.15) is 26.3 Å². The van der Waals surface area contributed by atoms with Crippen molar-refractivity contribution in [3.8, 4) is 5.75 Å². The van der Waals surface area contributed by atoms with Gasteiger partial charge in [0.25, 0.3) is 0 Å². The van der Waals surface area contributed by atoms with E-state index in [1.807, 2.05) is 32.0 Å². The van der Waals surface area contributed by atoms with Crippen LogP contribution in [-0.4, -0.2) is 25.9 Å². The topological polar surface area (TPSA) is 27.7 Å². The Balaban J connectivity index is 2.38. The van der Waals surface area contributed by atoms with E-state index >= 15 is 0 Å². The summed E-state index contributed by atoms with van der Waals surface area (Å²) in [6.07, 6.45) is -0.0534. The molecule has 94 valence electrons. The molecule has 0 unspecified atom stereocenters. The Kier molecular flexibility index (Phi) is 3.69. The number of benzene rings is 1. The lowest BCUT2D eigenvalue weighted by molar-refractivity contribution is -0.160. The maximum Gasteiger partial charge on any atom is 0.125 e. The quantitative estimate of drug-likeness (QED) is 0.804. The number of hydrogen-bond donors (Lipinski definition) is 0. The van der Waals surface area contributed by atoms with Crippen molar-refractivity contribution >= 4 is 0 Å². The SMILES string of the molecule is CCO[C@H]1COc2ccccc2[C@@]1(C)OCC. The molecule has 0 amide bonds. The van der Waals surface area contributed by atoms with Gasteiger partial charge >= 0.3 is 0 Å². The van der Waals surface area contributed by atoms with Gasteiger partial charge in [-0.05, 0) is 26.8 Å². The second-order valence-electron chi connectivity index (χ2n) is 4.29. The van der Waals surface area contributed by atoms with Gasteiger partial charge in [0.15, 0.2) is 0 Å². The summed E-state index contributed by atoms with van der Waals surface area (Å²) in [5, 5.41) is 0. The smallest absolute Gasteiger partial charge is 0.125 e. The molecular weight excluding hydrogens is 216 g/mol. The number of para-hydroxylation sites is 1. The van der Waals surface area contributed by atoms with E-state index in [9.17, 15) is 0 Å². The average Bonchev–Trinajstić information content (AvgIpc) is 2.34. The summed E-state index contributed by atoms with van der Waals surface area (Å²) in [4.78, 5) is 0. The molecule has 0 spiro atoms. The van der Waals surface area contributed by atoms with E-state index in [-0.39, 0.29) is 6.10 Å². The molecule has 2 rings (SSSR count). The van der Waals surface area contributed by atoms with Gasteiger partial charge in [-0.1, -0.05) is 18.2 Å². The van der Waals surface area contributed by atoms with Crippen LogP contribution in [0.5, 0.6) is 5.75 Å². The Bertz CT molecular complexity index is 377. The molecule has 1 aromatic carbocycles. The highest BCUT2D eigenvalue weighted by Crippen LogP contribution is 2.40. The zero-order valence-electron chi connectivity index (χ0n) is 10.7. The molecule has 1 aliphatic rings. The van der Waals surface area contributed by atoms with Crippen LogP contribution >= 0.6 is 0 Å². The van der Waals surface area contributed by atoms with E-state index < -0.39 is 5.60 Å². The van der Waals surface area contributed by atoms with E-state index in [0.717, 1.165) is 11.3 Å². The summed E-state index contributed by atoms with van der Waals surface area (Å²) in [5.41, 5.74) is 0.658. The van der Waals surface area contributed by atoms with Crippen LogP contribution in [0.15, 0.2) is 24.3 Å². The Hall–Kier alpha value is -1.06. The highest BCUT2D eigenvalue weighted by molar-refractivity contribution is 5.40. The standard InChI is InChI=1S/C14H20O3/c1-4-15-13-10-16-12-9-7-6-8-11(12)14(13,3)17-5-2/h6-9,13H,4-5,10H2,1-3H3/t13-,14+/m0/s1. The first-order valence-electron chi connectivity index (χ1n) is 6.20. The fourth-order valence-corrected chi connectivity index (χ4v) is 2.38. The third-order valence-electron chi connectivity index (χ3n) is 3.24. The van der Waals surface area contributed by atoms with Gasteiger partial charge < -0.3 is 14.2 Å². The fraction of sp³-hybridized carbons (Fsp3) is 0.571. The highest BCUT2D eigenvalue weighted by atomic mass is 16.6. The third kappa shape index (κ3) is 2.17. The average molecular weight is 236 g/mol. The van der Waals surface area contributed by atoms with Crippen LogP contribution in [0.3, 0.4) is 0 Å². The molecule has 3 nitrogen and oxygen atoms in total. The summed E-state index contributed by atoms with van der Waals surface area (Å²) in [6, 6.07) is 8.02. The van der Waals surface area contributed by atoms with Gasteiger partial charge in [-0.2, -0.15) is 0 Å². The van der Waals surface area contributed by atoms with Gasteiger partial charge in [0, 0.05) is 18.8 Å². The molecule has 0 saturated carbocycles. The van der Waals surface area contributed by atoms with Crippen LogP contribution in [0.25, 0.3) is 0 Å². The summed E-state index contributed by atoms with van der Waals surface area (Å²) in [5.74, 6) is 0.902. The lowest BCUT2D eigenvalue weighted by Gasteiger charge is -2.41. The molecule has 0 saturated heterocycles. The maximum absolute atomic E-state index is 5.96. The summed E-state index contributed by atoms with van der Waals surface area (Å²) in [6.45, 7) is 7.95. The first kappa shape index (κ1) is 12.4. The number of rotatable bonds is 4. The van der Waals surface area contributed by atoms with Crippen molar-refractivity contribution in [3.05, 3.63) is 29.8 Å². The minimum Gasteiger partial charge on any atom is -0.490 e. The van der Waals surface area contributed by atoms with Crippen molar-refractivity contribution in [1.29, 1.82) is 0 Å². The number of ether oxygens (including phenoxy) is 3. The number of fused-ring (bicyclic) bond motifs is 1. The molecule has 0 bridgehead atoms. The van der Waals surface area contributed by atoms with Crippen molar-refractivity contribution < 1.29 is 14.2 Å². The van der Waals surface area contributed by atoms with Crippen molar-refractivity contribution in [2.75, 3.05) is 19.8 Å². The third-order valence-corrected chi connectivity index (χ3v) is 3.24. The second kappa shape index (κ2) is 5.07. The summed E-state index contributed by atoms with van der Waals surface area (Å²) >= 11 is 0. The first-order valence-corrected chi connectivity index (χ1v) is 6.20. The molecule has 1 heterocycles. The second-order valence-corrected chi connectivity index (χ2v) is 4.29. The van der Waals surface area contributed by atoms with Crippen LogP contribution in [0, 0.1) is 0 Å². The van der Waals surface area contributed by atoms with Crippen LogP contribution in [-0.2, 0) is 15.1 Å². The molecule has 3 heteroatoms. The molecule has 0 aliphatic carbocycles. The summed E-state index contributed by atoms with van der Waals surface area (Å²) < 4.78 is 17.4. The van der Waals surface area contributed by atoms with Gasteiger partial charge in [0.05, 0.1) is 0 Å². The van der Waals surface area contributed by atoms with Crippen LogP contribution in [0.4, 0.5) is 0 Å². The lowest BCUT2D eigenvalue weighted by atomic mass is 9.87. The van der Waals surface area contributed by atoms with E-state index in [2.05, 4.69) is 13.0 Å². The van der Waals surface area contributed by atoms with E-state index in [1.165, 1.54) is 0 Å². The molecule has 17 heavy (non-hydrogen) atoms. The molecule has 1 aliphatic heterocycles. The highest BCUT2D eigenvalue weighted by Gasteiger charge is 2.43. The maximum atomic E-state index is 5.96. The minimum absolute atomic E-state index is 0.0534. The predicted molar refractivity (Wildman–Crippen MR) is 66.3 cm³/mol. The van der Waals surface area contributed by atoms with Crippen molar-refractivity contribution in [1.82, 2.24) is 0 Å². The van der Waals surface area contributed by atoms with Crippen molar-refractivity contribution in [2.45, 2.75) is 32.5 Å². The normalized spacial score (nSPS) is 27.4. The molecule has 0 aromatic heterocycles. The molecular formula is C14H20O3. The van der Waals surface area contributed by atoms with Gasteiger partial charge in [-0.25, -0.2) is 0 Å². The molecule has 2 atom stereocenters. The molecule has 1 aromatic rings. The largest absolute Gasteiger partial charge is 0.490 e. The van der Waals surface area contributed by atoms with Crippen LogP contribution in [0.2, 0.25) is 0 Å². The lowest BCUT2D eigenvalue weighted by Crippen LogP contribution is -2.48. The molecule has 0 N–H and O–H groups in total. The zero-order valence-corrected chi connectivity index (χ0v) is 10.7. The van der Waals surface area contributed by atoms with Gasteiger partial charge in [-0.3, -0.25) is 0 Å². The zero-order chi connectivity index (χ0) is 12.3. The Labute approximate surface area is 103 Å². The Morgan fingerprint density at radius 1 is 1.29 bits per heavy atom. The van der Waals surface area contributed by atoms with Crippen molar-refractivity contribution in [2.24, 2.45) is 0 Å². The minimum atomic E-state index is -0.417. The first-order chi connectivity index (χ1) is 8.22. The van der Waals surface area contributed by atoms with Gasteiger partial charge in [-0.15, -0.1) is 0 Å². The predicted octanol–water partition coefficient (Wildman–Crippen LogP) is 2.74. The monoisotopic (exact) mass is 236 g/mol. The van der Waals surface area contributed by atoms with Gasteiger partial charge in [0.1, 0.15) is 24.1 Å². The molecule has 0 fully saturated rings. The van der Waals surface area contributed by atoms with E-state index in [4.69, 9.17) is 14.2 Å². The summed E-state index contributed by atoms with van der Waals surface area (Å²) in [7, 11) is 0. The Morgan fingerprint density at radius 2 is 2.06 bits per heavy atom. The number of hydrogen-bond acceptors (Lipinski definition) is 3. The van der Waals surface area contributed by atoms with Gasteiger partial charge in [0.2, 0.25) is 0 Å².